The fourth-order valence-corrected chi connectivity index (χ4v) is 1.46. The molecule has 0 unspecified atom stereocenters. The smallest absolute Gasteiger partial charge is 0.240 e. The standard InChI is InChI=1S/C11H12BrN3O/c1-8-2-3-9(6-10(8)12)15-7-11(16)14-5-4-13/h2-3,6,15H,5,7H2,1H3,(H,14,16). The summed E-state index contributed by atoms with van der Waals surface area (Å²) in [4.78, 5) is 11.2. The molecule has 0 atom stereocenters. The van der Waals surface area contributed by atoms with Gasteiger partial charge in [0.25, 0.3) is 0 Å². The van der Waals surface area contributed by atoms with Crippen molar-refractivity contribution >= 4 is 27.5 Å². The van der Waals surface area contributed by atoms with Crippen LogP contribution in [-0.2, 0) is 4.79 Å². The van der Waals surface area contributed by atoms with E-state index < -0.39 is 0 Å². The van der Waals surface area contributed by atoms with Crippen molar-refractivity contribution < 1.29 is 4.79 Å². The summed E-state index contributed by atoms with van der Waals surface area (Å²) in [7, 11) is 0. The van der Waals surface area contributed by atoms with Crippen LogP contribution in [0.1, 0.15) is 5.56 Å². The molecule has 1 amide bonds. The normalized spacial score (nSPS) is 9.31. The number of rotatable bonds is 4. The molecule has 0 radical (unpaired) electrons. The zero-order valence-electron chi connectivity index (χ0n) is 8.88. The maximum Gasteiger partial charge on any atom is 0.240 e. The summed E-state index contributed by atoms with van der Waals surface area (Å²) < 4.78 is 0.995. The van der Waals surface area contributed by atoms with Crippen LogP contribution >= 0.6 is 15.9 Å². The van der Waals surface area contributed by atoms with E-state index in [1.54, 1.807) is 0 Å². The number of carbonyl (C=O) groups is 1. The van der Waals surface area contributed by atoms with Crippen molar-refractivity contribution in [2.24, 2.45) is 0 Å². The molecule has 0 aliphatic carbocycles. The van der Waals surface area contributed by atoms with Gasteiger partial charge >= 0.3 is 0 Å². The SMILES string of the molecule is Cc1ccc(NCC(=O)NCC#N)cc1Br. The lowest BCUT2D eigenvalue weighted by molar-refractivity contribution is -0.119. The van der Waals surface area contributed by atoms with E-state index >= 15 is 0 Å². The average molecular weight is 282 g/mol. The maximum atomic E-state index is 11.2. The molecule has 84 valence electrons. The van der Waals surface area contributed by atoms with Gasteiger partial charge in [-0.3, -0.25) is 4.79 Å². The van der Waals surface area contributed by atoms with E-state index in [1.807, 2.05) is 31.2 Å². The van der Waals surface area contributed by atoms with Crippen LogP contribution in [0.3, 0.4) is 0 Å². The van der Waals surface area contributed by atoms with Gasteiger partial charge in [0, 0.05) is 10.2 Å². The first-order valence-electron chi connectivity index (χ1n) is 4.77. The molecular formula is C11H12BrN3O. The first kappa shape index (κ1) is 12.5. The number of benzene rings is 1. The van der Waals surface area contributed by atoms with Gasteiger partial charge in [-0.05, 0) is 24.6 Å². The second kappa shape index (κ2) is 6.13. The molecule has 0 aromatic heterocycles. The number of aryl methyl sites for hydroxylation is 1. The minimum Gasteiger partial charge on any atom is -0.376 e. The second-order valence-electron chi connectivity index (χ2n) is 3.25. The number of halogens is 1. The largest absolute Gasteiger partial charge is 0.376 e. The Morgan fingerprint density at radius 2 is 2.31 bits per heavy atom. The van der Waals surface area contributed by atoms with Crippen LogP contribution in [0.25, 0.3) is 0 Å². The van der Waals surface area contributed by atoms with E-state index in [2.05, 4.69) is 26.6 Å². The second-order valence-corrected chi connectivity index (χ2v) is 4.11. The third kappa shape index (κ3) is 3.91. The van der Waals surface area contributed by atoms with Crippen molar-refractivity contribution in [3.05, 3.63) is 28.2 Å². The predicted octanol–water partition coefficient (Wildman–Crippen LogP) is 1.81. The van der Waals surface area contributed by atoms with Gasteiger partial charge in [0.1, 0.15) is 6.54 Å². The Kier molecular flexibility index (Phi) is 4.80. The number of hydrogen-bond acceptors (Lipinski definition) is 3. The summed E-state index contributed by atoms with van der Waals surface area (Å²) in [6.07, 6.45) is 0. The Labute approximate surface area is 103 Å². The van der Waals surface area contributed by atoms with E-state index in [4.69, 9.17) is 5.26 Å². The van der Waals surface area contributed by atoms with Crippen LogP contribution in [-0.4, -0.2) is 19.0 Å². The third-order valence-corrected chi connectivity index (χ3v) is 2.84. The highest BCUT2D eigenvalue weighted by molar-refractivity contribution is 9.10. The Bertz CT molecular complexity index is 426. The topological polar surface area (TPSA) is 64.9 Å². The van der Waals surface area contributed by atoms with Gasteiger partial charge in [-0.25, -0.2) is 0 Å². The maximum absolute atomic E-state index is 11.2. The molecule has 0 spiro atoms. The Balaban J connectivity index is 2.46. The van der Waals surface area contributed by atoms with E-state index in [1.165, 1.54) is 0 Å². The summed E-state index contributed by atoms with van der Waals surface area (Å²) in [6.45, 7) is 2.20. The average Bonchev–Trinajstić information content (AvgIpc) is 2.28. The molecule has 2 N–H and O–H groups in total. The van der Waals surface area contributed by atoms with Gasteiger partial charge in [0.2, 0.25) is 5.91 Å². The zero-order chi connectivity index (χ0) is 12.0. The number of amides is 1. The van der Waals surface area contributed by atoms with Crippen LogP contribution < -0.4 is 10.6 Å². The fourth-order valence-electron chi connectivity index (χ4n) is 1.09. The Morgan fingerprint density at radius 1 is 1.56 bits per heavy atom. The van der Waals surface area contributed by atoms with Crippen LogP contribution in [0.5, 0.6) is 0 Å². The number of nitriles is 1. The molecule has 1 aromatic rings. The lowest BCUT2D eigenvalue weighted by Crippen LogP contribution is -2.29. The van der Waals surface area contributed by atoms with E-state index in [0.29, 0.717) is 0 Å². The van der Waals surface area contributed by atoms with E-state index in [0.717, 1.165) is 15.7 Å². The molecule has 0 aliphatic heterocycles. The number of nitrogens with one attached hydrogen (secondary N) is 2. The van der Waals surface area contributed by atoms with Crippen LogP contribution in [0.2, 0.25) is 0 Å². The summed E-state index contributed by atoms with van der Waals surface area (Å²) in [5.41, 5.74) is 2.00. The molecule has 16 heavy (non-hydrogen) atoms. The van der Waals surface area contributed by atoms with Gasteiger partial charge in [-0.15, -0.1) is 0 Å². The lowest BCUT2D eigenvalue weighted by Gasteiger charge is -2.07. The van der Waals surface area contributed by atoms with Crippen LogP contribution in [0.4, 0.5) is 5.69 Å². The number of nitrogens with zero attached hydrogens (tertiary/aromatic N) is 1. The lowest BCUT2D eigenvalue weighted by atomic mass is 10.2. The Morgan fingerprint density at radius 3 is 2.94 bits per heavy atom. The monoisotopic (exact) mass is 281 g/mol. The highest BCUT2D eigenvalue weighted by Gasteiger charge is 2.01. The molecule has 1 rings (SSSR count). The van der Waals surface area contributed by atoms with Crippen molar-refractivity contribution in [3.8, 4) is 6.07 Å². The molecule has 0 aliphatic rings. The van der Waals surface area contributed by atoms with Crippen molar-refractivity contribution in [1.29, 1.82) is 5.26 Å². The minimum absolute atomic E-state index is 0.0398. The minimum atomic E-state index is -0.196. The summed E-state index contributed by atoms with van der Waals surface area (Å²) in [5, 5.41) is 13.7. The third-order valence-electron chi connectivity index (χ3n) is 1.99. The van der Waals surface area contributed by atoms with E-state index in [-0.39, 0.29) is 19.0 Å². The summed E-state index contributed by atoms with van der Waals surface area (Å²) >= 11 is 3.41. The van der Waals surface area contributed by atoms with Gasteiger partial charge in [-0.2, -0.15) is 5.26 Å². The predicted molar refractivity (Wildman–Crippen MR) is 66.0 cm³/mol. The molecule has 0 saturated heterocycles. The fraction of sp³-hybridized carbons (Fsp3) is 0.273. The highest BCUT2D eigenvalue weighted by atomic mass is 79.9. The molecule has 4 nitrogen and oxygen atoms in total. The quantitative estimate of drug-likeness (QED) is 0.828. The molecule has 1 aromatic carbocycles. The van der Waals surface area contributed by atoms with Crippen molar-refractivity contribution in [3.63, 3.8) is 0 Å². The van der Waals surface area contributed by atoms with Crippen molar-refractivity contribution in [1.82, 2.24) is 5.32 Å². The van der Waals surface area contributed by atoms with E-state index in [9.17, 15) is 4.79 Å². The molecular weight excluding hydrogens is 270 g/mol. The first-order valence-corrected chi connectivity index (χ1v) is 5.56. The molecule has 0 fully saturated rings. The number of anilines is 1. The van der Waals surface area contributed by atoms with Crippen LogP contribution in [0.15, 0.2) is 22.7 Å². The van der Waals surface area contributed by atoms with Gasteiger partial charge in [0.05, 0.1) is 12.6 Å². The molecule has 0 heterocycles. The molecule has 5 heteroatoms. The zero-order valence-corrected chi connectivity index (χ0v) is 10.5. The first-order chi connectivity index (χ1) is 7.63. The van der Waals surface area contributed by atoms with Crippen molar-refractivity contribution in [2.45, 2.75) is 6.92 Å². The number of hydrogen-bond donors (Lipinski definition) is 2. The van der Waals surface area contributed by atoms with Gasteiger partial charge in [0.15, 0.2) is 0 Å². The van der Waals surface area contributed by atoms with Gasteiger partial charge in [-0.1, -0.05) is 22.0 Å². The molecule has 0 bridgehead atoms. The van der Waals surface area contributed by atoms with Crippen LogP contribution in [0, 0.1) is 18.3 Å². The number of carbonyl (C=O) groups excluding carboxylic acids is 1. The van der Waals surface area contributed by atoms with Crippen molar-refractivity contribution in [2.75, 3.05) is 18.4 Å². The Hall–Kier alpha value is -1.54. The summed E-state index contributed by atoms with van der Waals surface area (Å²) in [6, 6.07) is 7.61. The van der Waals surface area contributed by atoms with Gasteiger partial charge < -0.3 is 10.6 Å². The summed E-state index contributed by atoms with van der Waals surface area (Å²) in [5.74, 6) is -0.196. The highest BCUT2D eigenvalue weighted by Crippen LogP contribution is 2.20. The molecule has 0 saturated carbocycles.